The van der Waals surface area contributed by atoms with Gasteiger partial charge in [0, 0.05) is 24.7 Å². The highest BCUT2D eigenvalue weighted by Gasteiger charge is 2.44. The van der Waals surface area contributed by atoms with Gasteiger partial charge in [-0.2, -0.15) is 0 Å². The smallest absolute Gasteiger partial charge is 0.123 e. The second kappa shape index (κ2) is 8.28. The molecule has 2 aromatic carbocycles. The molecule has 156 valence electrons. The van der Waals surface area contributed by atoms with E-state index in [4.69, 9.17) is 16.3 Å². The zero-order chi connectivity index (χ0) is 20.7. The summed E-state index contributed by atoms with van der Waals surface area (Å²) in [5.41, 5.74) is 3.41. The van der Waals surface area contributed by atoms with E-state index in [2.05, 4.69) is 4.90 Å². The lowest BCUT2D eigenvalue weighted by molar-refractivity contribution is -0.231. The maximum Gasteiger partial charge on any atom is 0.123 e. The number of nitrogens with zero attached hydrogens (tertiary/aromatic N) is 1. The van der Waals surface area contributed by atoms with Gasteiger partial charge in [0.05, 0.1) is 6.61 Å². The summed E-state index contributed by atoms with van der Waals surface area (Å²) >= 11 is 6.37. The molecular formula is C21H23ClFNO5. The summed E-state index contributed by atoms with van der Waals surface area (Å²) in [6.45, 7) is 1.31. The van der Waals surface area contributed by atoms with E-state index in [1.807, 2.05) is 0 Å². The van der Waals surface area contributed by atoms with E-state index in [0.717, 1.165) is 16.7 Å². The molecule has 0 aromatic heterocycles. The number of hydrogen-bond acceptors (Lipinski definition) is 6. The van der Waals surface area contributed by atoms with E-state index in [1.165, 1.54) is 6.07 Å². The van der Waals surface area contributed by atoms with Gasteiger partial charge >= 0.3 is 0 Å². The van der Waals surface area contributed by atoms with Gasteiger partial charge in [-0.25, -0.2) is 4.39 Å². The molecule has 2 aliphatic heterocycles. The van der Waals surface area contributed by atoms with Gasteiger partial charge in [-0.05, 0) is 40.5 Å². The van der Waals surface area contributed by atoms with Gasteiger partial charge in [0.2, 0.25) is 0 Å². The molecule has 4 rings (SSSR count). The number of halogens is 2. The van der Waals surface area contributed by atoms with E-state index >= 15 is 0 Å². The predicted molar refractivity (Wildman–Crippen MR) is 104 cm³/mol. The summed E-state index contributed by atoms with van der Waals surface area (Å²) in [6.07, 6.45) is -6.07. The fraction of sp³-hybridized carbons (Fsp3) is 0.429. The summed E-state index contributed by atoms with van der Waals surface area (Å²) in [5, 5.41) is 40.3. The van der Waals surface area contributed by atoms with Gasteiger partial charge in [0.15, 0.2) is 0 Å². The van der Waals surface area contributed by atoms with Crippen molar-refractivity contribution < 1.29 is 29.6 Å². The van der Waals surface area contributed by atoms with E-state index in [9.17, 15) is 24.8 Å². The first kappa shape index (κ1) is 20.7. The number of ether oxygens (including phenoxy) is 1. The summed E-state index contributed by atoms with van der Waals surface area (Å²) < 4.78 is 19.1. The molecule has 4 N–H and O–H groups in total. The van der Waals surface area contributed by atoms with Crippen LogP contribution in [0.4, 0.5) is 4.39 Å². The Morgan fingerprint density at radius 1 is 1.00 bits per heavy atom. The average Bonchev–Trinajstić information content (AvgIpc) is 3.10. The second-order valence-corrected chi connectivity index (χ2v) is 8.07. The summed E-state index contributed by atoms with van der Waals surface area (Å²) in [4.78, 5) is 2.13. The van der Waals surface area contributed by atoms with Gasteiger partial charge < -0.3 is 25.2 Å². The lowest BCUT2D eigenvalue weighted by Crippen LogP contribution is -2.55. The maximum atomic E-state index is 13.5. The van der Waals surface area contributed by atoms with Crippen LogP contribution < -0.4 is 0 Å². The van der Waals surface area contributed by atoms with Crippen molar-refractivity contribution in [1.82, 2.24) is 4.90 Å². The minimum atomic E-state index is -1.44. The van der Waals surface area contributed by atoms with Crippen molar-refractivity contribution in [2.45, 2.75) is 50.2 Å². The molecule has 5 atom stereocenters. The van der Waals surface area contributed by atoms with Gasteiger partial charge in [0.1, 0.15) is 36.3 Å². The van der Waals surface area contributed by atoms with Crippen molar-refractivity contribution in [2.24, 2.45) is 0 Å². The Balaban J connectivity index is 1.54. The number of aliphatic hydroxyl groups is 4. The summed E-state index contributed by atoms with van der Waals surface area (Å²) in [6, 6.07) is 9.95. The van der Waals surface area contributed by atoms with Crippen LogP contribution in [0.3, 0.4) is 0 Å². The van der Waals surface area contributed by atoms with Crippen molar-refractivity contribution in [3.8, 4) is 0 Å². The zero-order valence-electron chi connectivity index (χ0n) is 15.6. The summed E-state index contributed by atoms with van der Waals surface area (Å²) in [5.74, 6) is -0.256. The zero-order valence-corrected chi connectivity index (χ0v) is 16.3. The molecule has 0 aliphatic carbocycles. The predicted octanol–water partition coefficient (Wildman–Crippen LogP) is 1.51. The van der Waals surface area contributed by atoms with Gasteiger partial charge in [-0.1, -0.05) is 29.8 Å². The van der Waals surface area contributed by atoms with Crippen molar-refractivity contribution in [3.05, 3.63) is 69.5 Å². The number of benzene rings is 2. The molecule has 0 bridgehead atoms. The molecule has 0 amide bonds. The SMILES string of the molecule is OCC1OC(c2ccc(Cl)c(CN3Cc4ccc(F)cc4C3)c2)C(O)C(O)C1O. The Hall–Kier alpha value is -1.58. The van der Waals surface area contributed by atoms with Crippen molar-refractivity contribution in [3.63, 3.8) is 0 Å². The number of fused-ring (bicyclic) bond motifs is 1. The topological polar surface area (TPSA) is 93.4 Å². The number of rotatable bonds is 4. The number of aliphatic hydroxyl groups excluding tert-OH is 4. The van der Waals surface area contributed by atoms with Crippen LogP contribution in [0.15, 0.2) is 36.4 Å². The molecule has 0 saturated carbocycles. The highest BCUT2D eigenvalue weighted by atomic mass is 35.5. The van der Waals surface area contributed by atoms with Crippen LogP contribution in [0.5, 0.6) is 0 Å². The van der Waals surface area contributed by atoms with Crippen LogP contribution >= 0.6 is 11.6 Å². The molecule has 8 heteroatoms. The lowest BCUT2D eigenvalue weighted by atomic mass is 9.90. The second-order valence-electron chi connectivity index (χ2n) is 7.66. The third-order valence-electron chi connectivity index (χ3n) is 5.64. The third kappa shape index (κ3) is 4.04. The first-order valence-electron chi connectivity index (χ1n) is 9.46. The lowest BCUT2D eigenvalue weighted by Gasteiger charge is -2.40. The Kier molecular flexibility index (Phi) is 5.90. The maximum absolute atomic E-state index is 13.5. The van der Waals surface area contributed by atoms with Crippen molar-refractivity contribution in [1.29, 1.82) is 0 Å². The normalized spacial score (nSPS) is 29.8. The third-order valence-corrected chi connectivity index (χ3v) is 6.01. The Morgan fingerprint density at radius 3 is 2.52 bits per heavy atom. The molecule has 2 heterocycles. The molecule has 6 nitrogen and oxygen atoms in total. The van der Waals surface area contributed by atoms with Crippen LogP contribution in [0, 0.1) is 5.82 Å². The van der Waals surface area contributed by atoms with Gasteiger partial charge in [-0.3, -0.25) is 4.90 Å². The first-order chi connectivity index (χ1) is 13.9. The van der Waals surface area contributed by atoms with Crippen molar-refractivity contribution in [2.75, 3.05) is 6.61 Å². The molecular weight excluding hydrogens is 401 g/mol. The quantitative estimate of drug-likeness (QED) is 0.595. The Bertz CT molecular complexity index is 895. The molecule has 0 radical (unpaired) electrons. The monoisotopic (exact) mass is 423 g/mol. The fourth-order valence-corrected chi connectivity index (χ4v) is 4.23. The Morgan fingerprint density at radius 2 is 1.76 bits per heavy atom. The van der Waals surface area contributed by atoms with Crippen LogP contribution in [0.2, 0.25) is 5.02 Å². The number of hydrogen-bond donors (Lipinski definition) is 4. The van der Waals surface area contributed by atoms with Gasteiger partial charge in [0.25, 0.3) is 0 Å². The molecule has 2 aromatic rings. The van der Waals surface area contributed by atoms with Crippen LogP contribution in [0.1, 0.15) is 28.4 Å². The largest absolute Gasteiger partial charge is 0.394 e. The van der Waals surface area contributed by atoms with E-state index in [1.54, 1.807) is 30.3 Å². The molecule has 0 spiro atoms. The molecule has 5 unspecified atom stereocenters. The fourth-order valence-electron chi connectivity index (χ4n) is 4.06. The summed E-state index contributed by atoms with van der Waals surface area (Å²) in [7, 11) is 0. The molecule has 2 aliphatic rings. The Labute approximate surface area is 172 Å². The first-order valence-corrected chi connectivity index (χ1v) is 9.83. The molecule has 1 saturated heterocycles. The average molecular weight is 424 g/mol. The van der Waals surface area contributed by atoms with Crippen LogP contribution in [-0.2, 0) is 24.4 Å². The van der Waals surface area contributed by atoms with Crippen LogP contribution in [-0.4, -0.2) is 56.3 Å². The highest BCUT2D eigenvalue weighted by molar-refractivity contribution is 6.31. The van der Waals surface area contributed by atoms with Crippen molar-refractivity contribution >= 4 is 11.6 Å². The molecule has 29 heavy (non-hydrogen) atoms. The van der Waals surface area contributed by atoms with Crippen LogP contribution in [0.25, 0.3) is 0 Å². The van der Waals surface area contributed by atoms with E-state index < -0.39 is 37.1 Å². The van der Waals surface area contributed by atoms with E-state index in [0.29, 0.717) is 30.2 Å². The standard InChI is InChI=1S/C21H23ClFNO5/c22-16-4-2-11(21-20(28)19(27)18(26)17(10-25)29-21)5-14(16)9-24-7-12-1-3-15(23)6-13(12)8-24/h1-6,17-21,25-28H,7-10H2. The highest BCUT2D eigenvalue weighted by Crippen LogP contribution is 2.35. The minimum Gasteiger partial charge on any atom is -0.394 e. The van der Waals surface area contributed by atoms with E-state index in [-0.39, 0.29) is 5.82 Å². The molecule has 1 fully saturated rings. The van der Waals surface area contributed by atoms with Gasteiger partial charge in [-0.15, -0.1) is 0 Å². The minimum absolute atomic E-state index is 0.256.